The van der Waals surface area contributed by atoms with Crippen LogP contribution in [0.5, 0.6) is 0 Å². The molecule has 2 heterocycles. The molecule has 0 spiro atoms. The second kappa shape index (κ2) is 4.59. The Labute approximate surface area is 104 Å². The summed E-state index contributed by atoms with van der Waals surface area (Å²) in [5.41, 5.74) is 2.18. The Morgan fingerprint density at radius 2 is 1.82 bits per heavy atom. The van der Waals surface area contributed by atoms with Gasteiger partial charge in [0, 0.05) is 11.9 Å². The van der Waals surface area contributed by atoms with Gasteiger partial charge in [-0.1, -0.05) is 48.2 Å². The van der Waals surface area contributed by atoms with Crippen molar-refractivity contribution in [3.63, 3.8) is 0 Å². The highest BCUT2D eigenvalue weighted by Crippen LogP contribution is 2.19. The van der Waals surface area contributed by atoms with Gasteiger partial charge in [-0.25, -0.2) is 9.50 Å². The molecule has 0 saturated heterocycles. The Balaban J connectivity index is 1.77. The van der Waals surface area contributed by atoms with Crippen molar-refractivity contribution in [3.05, 3.63) is 60.3 Å². The third-order valence-corrected chi connectivity index (χ3v) is 3.34. The van der Waals surface area contributed by atoms with Gasteiger partial charge in [0.1, 0.15) is 0 Å². The lowest BCUT2D eigenvalue weighted by Gasteiger charge is -1.96. The lowest BCUT2D eigenvalue weighted by atomic mass is 10.2. The molecule has 0 amide bonds. The Kier molecular flexibility index (Phi) is 2.80. The summed E-state index contributed by atoms with van der Waals surface area (Å²) in [5.74, 6) is 0.901. The first kappa shape index (κ1) is 10.4. The number of thioether (sulfide) groups is 1. The van der Waals surface area contributed by atoms with Crippen LogP contribution in [0, 0.1) is 0 Å². The van der Waals surface area contributed by atoms with E-state index in [0.717, 1.165) is 16.6 Å². The zero-order valence-corrected chi connectivity index (χ0v) is 9.97. The van der Waals surface area contributed by atoms with E-state index < -0.39 is 0 Å². The second-order valence-corrected chi connectivity index (χ2v) is 4.61. The molecule has 0 aliphatic heterocycles. The van der Waals surface area contributed by atoms with E-state index in [0.29, 0.717) is 0 Å². The van der Waals surface area contributed by atoms with Crippen molar-refractivity contribution >= 4 is 17.4 Å². The Hall–Kier alpha value is -1.81. The van der Waals surface area contributed by atoms with E-state index in [4.69, 9.17) is 0 Å². The molecule has 0 aliphatic rings. The maximum absolute atomic E-state index is 4.44. The summed E-state index contributed by atoms with van der Waals surface area (Å²) in [7, 11) is 0. The lowest BCUT2D eigenvalue weighted by molar-refractivity contribution is 0.887. The Morgan fingerprint density at radius 3 is 2.65 bits per heavy atom. The molecule has 0 saturated carbocycles. The highest BCUT2D eigenvalue weighted by Gasteiger charge is 2.03. The molecule has 0 radical (unpaired) electrons. The molecule has 3 rings (SSSR count). The number of benzene rings is 1. The molecule has 0 unspecified atom stereocenters. The van der Waals surface area contributed by atoms with Crippen molar-refractivity contribution in [3.8, 4) is 0 Å². The summed E-state index contributed by atoms with van der Waals surface area (Å²) >= 11 is 1.66. The number of fused-ring (bicyclic) bond motifs is 1. The molecule has 0 N–H and O–H groups in total. The SMILES string of the molecule is c1ccc(CSc2nc3ccccn3n2)cc1. The van der Waals surface area contributed by atoms with Crippen LogP contribution in [0.2, 0.25) is 0 Å². The van der Waals surface area contributed by atoms with Gasteiger partial charge in [-0.2, -0.15) is 0 Å². The van der Waals surface area contributed by atoms with E-state index >= 15 is 0 Å². The molecule has 0 bridgehead atoms. The normalized spacial score (nSPS) is 10.8. The van der Waals surface area contributed by atoms with Crippen molar-refractivity contribution in [1.29, 1.82) is 0 Å². The smallest absolute Gasteiger partial charge is 0.209 e. The predicted molar refractivity (Wildman–Crippen MR) is 69.0 cm³/mol. The van der Waals surface area contributed by atoms with Crippen LogP contribution >= 0.6 is 11.8 Å². The number of aromatic nitrogens is 3. The van der Waals surface area contributed by atoms with Crippen LogP contribution in [0.15, 0.2) is 59.9 Å². The number of hydrogen-bond acceptors (Lipinski definition) is 3. The topological polar surface area (TPSA) is 30.2 Å². The summed E-state index contributed by atoms with van der Waals surface area (Å²) < 4.78 is 1.80. The molecule has 1 aromatic carbocycles. The van der Waals surface area contributed by atoms with Gasteiger partial charge in [-0.05, 0) is 17.7 Å². The molecule has 0 atom stereocenters. The second-order valence-electron chi connectivity index (χ2n) is 3.67. The fourth-order valence-corrected chi connectivity index (χ4v) is 2.39. The van der Waals surface area contributed by atoms with Crippen LogP contribution in [0.25, 0.3) is 5.65 Å². The molecule has 3 nitrogen and oxygen atoms in total. The van der Waals surface area contributed by atoms with Crippen LogP contribution in [-0.4, -0.2) is 14.6 Å². The minimum atomic E-state index is 0.819. The first-order valence-electron chi connectivity index (χ1n) is 5.40. The quantitative estimate of drug-likeness (QED) is 0.660. The standard InChI is InChI=1S/C13H11N3S/c1-2-6-11(7-3-1)10-17-13-14-12-8-4-5-9-16(12)15-13/h1-9H,10H2. The molecule has 17 heavy (non-hydrogen) atoms. The average molecular weight is 241 g/mol. The maximum Gasteiger partial charge on any atom is 0.209 e. The molecule has 0 fully saturated rings. The number of rotatable bonds is 3. The van der Waals surface area contributed by atoms with Crippen LogP contribution in [0.1, 0.15) is 5.56 Å². The number of pyridine rings is 1. The first-order valence-corrected chi connectivity index (χ1v) is 6.38. The third-order valence-electron chi connectivity index (χ3n) is 2.43. The monoisotopic (exact) mass is 241 g/mol. The Bertz CT molecular complexity index is 586. The number of nitrogens with zero attached hydrogens (tertiary/aromatic N) is 3. The zero-order valence-electron chi connectivity index (χ0n) is 9.15. The molecule has 2 aromatic heterocycles. The predicted octanol–water partition coefficient (Wildman–Crippen LogP) is 3.02. The summed E-state index contributed by atoms with van der Waals surface area (Å²) in [6.45, 7) is 0. The van der Waals surface area contributed by atoms with E-state index in [1.165, 1.54) is 5.56 Å². The van der Waals surface area contributed by atoms with Gasteiger partial charge < -0.3 is 0 Å². The van der Waals surface area contributed by atoms with E-state index in [9.17, 15) is 0 Å². The van der Waals surface area contributed by atoms with Gasteiger partial charge >= 0.3 is 0 Å². The van der Waals surface area contributed by atoms with Crippen molar-refractivity contribution in [2.75, 3.05) is 0 Å². The van der Waals surface area contributed by atoms with Crippen LogP contribution in [-0.2, 0) is 5.75 Å². The van der Waals surface area contributed by atoms with Gasteiger partial charge in [-0.3, -0.25) is 0 Å². The van der Waals surface area contributed by atoms with E-state index in [2.05, 4.69) is 22.2 Å². The van der Waals surface area contributed by atoms with Crippen LogP contribution in [0.4, 0.5) is 0 Å². The van der Waals surface area contributed by atoms with Crippen molar-refractivity contribution in [1.82, 2.24) is 14.6 Å². The van der Waals surface area contributed by atoms with E-state index in [1.54, 1.807) is 16.3 Å². The van der Waals surface area contributed by atoms with Gasteiger partial charge in [-0.15, -0.1) is 5.10 Å². The summed E-state index contributed by atoms with van der Waals surface area (Å²) in [6, 6.07) is 16.2. The van der Waals surface area contributed by atoms with Gasteiger partial charge in [0.15, 0.2) is 5.65 Å². The van der Waals surface area contributed by atoms with Crippen molar-refractivity contribution in [2.45, 2.75) is 10.9 Å². The van der Waals surface area contributed by atoms with Gasteiger partial charge in [0.25, 0.3) is 0 Å². The van der Waals surface area contributed by atoms with Crippen molar-refractivity contribution < 1.29 is 0 Å². The highest BCUT2D eigenvalue weighted by molar-refractivity contribution is 7.98. The summed E-state index contributed by atoms with van der Waals surface area (Å²) in [6.07, 6.45) is 1.91. The fourth-order valence-electron chi connectivity index (χ4n) is 1.59. The van der Waals surface area contributed by atoms with Crippen LogP contribution in [0.3, 0.4) is 0 Å². The molecular weight excluding hydrogens is 230 g/mol. The summed E-state index contributed by atoms with van der Waals surface area (Å²) in [5, 5.41) is 5.22. The van der Waals surface area contributed by atoms with Crippen LogP contribution < -0.4 is 0 Å². The number of hydrogen-bond donors (Lipinski definition) is 0. The Morgan fingerprint density at radius 1 is 1.00 bits per heavy atom. The average Bonchev–Trinajstić information content (AvgIpc) is 2.80. The molecule has 0 aliphatic carbocycles. The molecule has 84 valence electrons. The van der Waals surface area contributed by atoms with E-state index in [1.807, 2.05) is 42.6 Å². The fraction of sp³-hybridized carbons (Fsp3) is 0.0769. The lowest BCUT2D eigenvalue weighted by Crippen LogP contribution is -1.84. The zero-order chi connectivity index (χ0) is 11.5. The largest absolute Gasteiger partial charge is 0.220 e. The molecular formula is C13H11N3S. The van der Waals surface area contributed by atoms with Crippen molar-refractivity contribution in [2.24, 2.45) is 0 Å². The third kappa shape index (κ3) is 2.31. The highest BCUT2D eigenvalue weighted by atomic mass is 32.2. The summed E-state index contributed by atoms with van der Waals surface area (Å²) in [4.78, 5) is 4.44. The van der Waals surface area contributed by atoms with Gasteiger partial charge in [0.05, 0.1) is 0 Å². The minimum Gasteiger partial charge on any atom is -0.220 e. The maximum atomic E-state index is 4.44. The van der Waals surface area contributed by atoms with E-state index in [-0.39, 0.29) is 0 Å². The minimum absolute atomic E-state index is 0.819. The van der Waals surface area contributed by atoms with Gasteiger partial charge in [0.2, 0.25) is 5.16 Å². The first-order chi connectivity index (χ1) is 8.42. The molecule has 4 heteroatoms. The molecule has 3 aromatic rings.